The van der Waals surface area contributed by atoms with Gasteiger partial charge in [-0.1, -0.05) is 42.5 Å². The van der Waals surface area contributed by atoms with Crippen molar-refractivity contribution in [3.05, 3.63) is 66.0 Å². The quantitative estimate of drug-likeness (QED) is 0.284. The number of rotatable bonds is 10. The first-order chi connectivity index (χ1) is 18.6. The first-order valence-electron chi connectivity index (χ1n) is 13.6. The maximum atomic E-state index is 13.2. The number of nitrogens with zero attached hydrogens (tertiary/aromatic N) is 2. The Balaban J connectivity index is 1.47. The van der Waals surface area contributed by atoms with Gasteiger partial charge in [-0.2, -0.15) is 0 Å². The number of esters is 1. The van der Waals surface area contributed by atoms with Crippen LogP contribution in [0.5, 0.6) is 0 Å². The minimum Gasteiger partial charge on any atom is -0.464 e. The highest BCUT2D eigenvalue weighted by atomic mass is 16.5. The van der Waals surface area contributed by atoms with Gasteiger partial charge in [-0.25, -0.2) is 9.78 Å². The van der Waals surface area contributed by atoms with Crippen molar-refractivity contribution in [2.45, 2.75) is 45.1 Å². The second-order valence-corrected chi connectivity index (χ2v) is 10.1. The smallest absolute Gasteiger partial charge is 0.356 e. The summed E-state index contributed by atoms with van der Waals surface area (Å²) < 4.78 is 12.5. The van der Waals surface area contributed by atoms with Crippen LogP contribution in [-0.2, 0) is 27.2 Å². The number of fused-ring (bicyclic) bond motifs is 1. The fraction of sp³-hybridized carbons (Fsp3) is 0.433. The minimum absolute atomic E-state index is 0.150. The summed E-state index contributed by atoms with van der Waals surface area (Å²) in [4.78, 5) is 31.0. The Bertz CT molecular complexity index is 1290. The number of aromatic nitrogens is 2. The van der Waals surface area contributed by atoms with Gasteiger partial charge in [0.25, 0.3) is 0 Å². The Morgan fingerprint density at radius 3 is 2.79 bits per heavy atom. The lowest BCUT2D eigenvalue weighted by atomic mass is 9.94. The molecule has 0 saturated carbocycles. The molecule has 8 nitrogen and oxygen atoms in total. The Morgan fingerprint density at radius 2 is 2.05 bits per heavy atom. The van der Waals surface area contributed by atoms with Crippen molar-refractivity contribution in [3.63, 3.8) is 0 Å². The van der Waals surface area contributed by atoms with E-state index in [1.54, 1.807) is 0 Å². The van der Waals surface area contributed by atoms with Gasteiger partial charge in [-0.15, -0.1) is 0 Å². The summed E-state index contributed by atoms with van der Waals surface area (Å²) in [6.45, 7) is 2.36. The molecule has 2 atom stereocenters. The summed E-state index contributed by atoms with van der Waals surface area (Å²) in [7, 11) is 1.36. The van der Waals surface area contributed by atoms with Gasteiger partial charge in [0.15, 0.2) is 5.69 Å². The first kappa shape index (κ1) is 26.0. The zero-order chi connectivity index (χ0) is 26.3. The van der Waals surface area contributed by atoms with Gasteiger partial charge in [0.1, 0.15) is 5.65 Å². The number of hydrogen-bond donors (Lipinski definition) is 2. The van der Waals surface area contributed by atoms with Crippen LogP contribution in [0.25, 0.3) is 11.0 Å². The molecular formula is C30H36N4O4. The van der Waals surface area contributed by atoms with Crippen molar-refractivity contribution in [3.8, 4) is 0 Å². The fourth-order valence-corrected chi connectivity index (χ4v) is 5.33. The molecule has 1 fully saturated rings. The molecule has 200 valence electrons. The van der Waals surface area contributed by atoms with Crippen LogP contribution in [0.1, 0.15) is 48.2 Å². The lowest BCUT2D eigenvalue weighted by Gasteiger charge is -2.18. The van der Waals surface area contributed by atoms with E-state index in [1.165, 1.54) is 12.7 Å². The number of carbonyl (C=O) groups excluding carboxylic acids is 2. The molecule has 5 rings (SSSR count). The lowest BCUT2D eigenvalue weighted by molar-refractivity contribution is -0.119. The molecule has 0 bridgehead atoms. The number of methoxy groups -OCH3 is 1. The molecule has 2 aromatic heterocycles. The molecule has 2 aliphatic rings. The average Bonchev–Trinajstić information content (AvgIpc) is 3.60. The second-order valence-electron chi connectivity index (χ2n) is 10.1. The van der Waals surface area contributed by atoms with E-state index in [1.807, 2.05) is 35.0 Å². The molecule has 1 aromatic carbocycles. The van der Waals surface area contributed by atoms with E-state index in [0.717, 1.165) is 49.7 Å². The molecular weight excluding hydrogens is 480 g/mol. The fourth-order valence-electron chi connectivity index (χ4n) is 5.33. The van der Waals surface area contributed by atoms with E-state index in [9.17, 15) is 9.59 Å². The number of nitrogens with one attached hydrogen (secondary N) is 2. The van der Waals surface area contributed by atoms with Gasteiger partial charge in [0, 0.05) is 25.1 Å². The van der Waals surface area contributed by atoms with Crippen molar-refractivity contribution in [1.82, 2.24) is 9.55 Å². The Hall–Kier alpha value is -3.65. The van der Waals surface area contributed by atoms with Gasteiger partial charge < -0.3 is 24.7 Å². The van der Waals surface area contributed by atoms with Crippen molar-refractivity contribution in [1.29, 1.82) is 0 Å². The highest BCUT2D eigenvalue weighted by molar-refractivity contribution is 6.11. The molecule has 8 heteroatoms. The Morgan fingerprint density at radius 1 is 1.18 bits per heavy atom. The van der Waals surface area contributed by atoms with Gasteiger partial charge in [0.05, 0.1) is 37.2 Å². The first-order valence-corrected chi connectivity index (χ1v) is 13.6. The molecule has 1 aliphatic carbocycles. The maximum absolute atomic E-state index is 13.2. The normalized spacial score (nSPS) is 19.0. The van der Waals surface area contributed by atoms with Crippen LogP contribution in [0.3, 0.4) is 0 Å². The average molecular weight is 517 g/mol. The molecule has 3 heterocycles. The summed E-state index contributed by atoms with van der Waals surface area (Å²) in [6, 6.07) is 12.2. The molecule has 38 heavy (non-hydrogen) atoms. The SMILES string of the molecule is COC(=O)c1c(NC(=O)[C@H]2CCOC2)c2cc(NC[C@H]3CC=CCC3)cnc2n1CCCc1ccccc1. The summed E-state index contributed by atoms with van der Waals surface area (Å²) in [5, 5.41) is 7.31. The third-order valence-electron chi connectivity index (χ3n) is 7.49. The minimum atomic E-state index is -0.496. The number of hydrogen-bond acceptors (Lipinski definition) is 6. The summed E-state index contributed by atoms with van der Waals surface area (Å²) in [6.07, 6.45) is 12.0. The van der Waals surface area contributed by atoms with E-state index >= 15 is 0 Å². The highest BCUT2D eigenvalue weighted by Crippen LogP contribution is 2.34. The number of carbonyl (C=O) groups is 2. The van der Waals surface area contributed by atoms with Gasteiger partial charge in [0.2, 0.25) is 5.91 Å². The highest BCUT2D eigenvalue weighted by Gasteiger charge is 2.30. The van der Waals surface area contributed by atoms with E-state index < -0.39 is 5.97 Å². The zero-order valence-electron chi connectivity index (χ0n) is 21.9. The van der Waals surface area contributed by atoms with Crippen LogP contribution >= 0.6 is 0 Å². The zero-order valence-corrected chi connectivity index (χ0v) is 21.9. The number of pyridine rings is 1. The van der Waals surface area contributed by atoms with Crippen molar-refractivity contribution in [2.75, 3.05) is 37.5 Å². The van der Waals surface area contributed by atoms with Gasteiger partial charge in [-0.3, -0.25) is 4.79 Å². The van der Waals surface area contributed by atoms with Crippen LogP contribution in [0, 0.1) is 11.8 Å². The third-order valence-corrected chi connectivity index (χ3v) is 7.49. The second kappa shape index (κ2) is 12.3. The molecule has 1 saturated heterocycles. The van der Waals surface area contributed by atoms with Crippen molar-refractivity contribution in [2.24, 2.45) is 11.8 Å². The standard InChI is InChI=1S/C30H36N4O4/c1-37-30(36)27-26(33-29(35)23-14-16-38-20-23)25-17-24(31-18-22-11-6-3-7-12-22)19-32-28(25)34(27)15-8-13-21-9-4-2-5-10-21/h2-6,9-10,17,19,22-23,31H,7-8,11-16,18,20H2,1H3,(H,33,35)/t22-,23-/m0/s1. The number of amides is 1. The van der Waals surface area contributed by atoms with E-state index in [4.69, 9.17) is 14.5 Å². The molecule has 1 amide bonds. The summed E-state index contributed by atoms with van der Waals surface area (Å²) >= 11 is 0. The van der Waals surface area contributed by atoms with E-state index in [2.05, 4.69) is 34.9 Å². The van der Waals surface area contributed by atoms with Crippen molar-refractivity contribution >= 4 is 34.3 Å². The predicted octanol–water partition coefficient (Wildman–Crippen LogP) is 5.20. The largest absolute Gasteiger partial charge is 0.464 e. The van der Waals surface area contributed by atoms with Crippen LogP contribution in [0.2, 0.25) is 0 Å². The number of benzene rings is 1. The molecule has 0 spiro atoms. The number of anilines is 2. The topological polar surface area (TPSA) is 94.5 Å². The monoisotopic (exact) mass is 516 g/mol. The maximum Gasteiger partial charge on any atom is 0.356 e. The van der Waals surface area contributed by atoms with Crippen LogP contribution in [-0.4, -0.2) is 48.3 Å². The van der Waals surface area contributed by atoms with Crippen LogP contribution in [0.4, 0.5) is 11.4 Å². The molecule has 0 radical (unpaired) electrons. The lowest BCUT2D eigenvalue weighted by Crippen LogP contribution is -2.24. The number of aryl methyl sites for hydroxylation is 2. The molecule has 0 unspecified atom stereocenters. The van der Waals surface area contributed by atoms with Gasteiger partial charge >= 0.3 is 5.97 Å². The summed E-state index contributed by atoms with van der Waals surface area (Å²) in [5.41, 5.74) is 3.53. The third kappa shape index (κ3) is 5.91. The molecule has 2 N–H and O–H groups in total. The summed E-state index contributed by atoms with van der Waals surface area (Å²) in [5.74, 6) is -0.316. The Kier molecular flexibility index (Phi) is 8.38. The van der Waals surface area contributed by atoms with Crippen molar-refractivity contribution < 1.29 is 19.1 Å². The van der Waals surface area contributed by atoms with E-state index in [-0.39, 0.29) is 11.8 Å². The van der Waals surface area contributed by atoms with Crippen LogP contribution in [0.15, 0.2) is 54.7 Å². The molecule has 3 aromatic rings. The Labute approximate surface area is 223 Å². The van der Waals surface area contributed by atoms with E-state index in [0.29, 0.717) is 49.1 Å². The van der Waals surface area contributed by atoms with Crippen LogP contribution < -0.4 is 10.6 Å². The predicted molar refractivity (Wildman–Crippen MR) is 148 cm³/mol. The molecule has 1 aliphatic heterocycles. The number of ether oxygens (including phenoxy) is 2. The number of allylic oxidation sites excluding steroid dienone is 2. The van der Waals surface area contributed by atoms with Gasteiger partial charge in [-0.05, 0) is 56.1 Å².